The summed E-state index contributed by atoms with van der Waals surface area (Å²) in [6.45, 7) is 27.2. The van der Waals surface area contributed by atoms with E-state index in [2.05, 4.69) is 98.6 Å². The number of imide groups is 2. The normalized spacial score (nSPS) is 16.5. The monoisotopic (exact) mass is 1420 g/mol. The predicted octanol–water partition coefficient (Wildman–Crippen LogP) is 2.21. The van der Waals surface area contributed by atoms with Gasteiger partial charge in [-0.05, 0) is 130 Å². The second-order valence-electron chi connectivity index (χ2n) is 24.6. The van der Waals surface area contributed by atoms with Crippen LogP contribution in [0.3, 0.4) is 0 Å². The number of hydroxylamine groups is 4. The maximum atomic E-state index is 12.7. The summed E-state index contributed by atoms with van der Waals surface area (Å²) < 4.78 is 55.3. The van der Waals surface area contributed by atoms with Crippen LogP contribution in [0.2, 0.25) is 0 Å². The molecule has 4 atom stereocenters. The first-order valence-electron chi connectivity index (χ1n) is 32.0. The van der Waals surface area contributed by atoms with Gasteiger partial charge in [-0.3, -0.25) is 38.8 Å². The summed E-state index contributed by atoms with van der Waals surface area (Å²) in [6.07, 6.45) is 2.16. The number of benzene rings is 2. The molecule has 0 bridgehead atoms. The number of nitrogen functional groups attached to an aromatic ring is 2. The lowest BCUT2D eigenvalue weighted by Crippen LogP contribution is -3.17. The first kappa shape index (κ1) is 80.5. The van der Waals surface area contributed by atoms with Crippen LogP contribution in [0, 0.1) is 13.3 Å². The number of anilines is 2. The minimum Gasteiger partial charge on any atom is -0.744 e. The van der Waals surface area contributed by atoms with Crippen LogP contribution in [-0.2, 0) is 83.3 Å². The molecule has 0 spiro atoms. The number of nitrogens with two attached hydrogens (primary N) is 2. The first-order valence-corrected chi connectivity index (χ1v) is 35.0. The third-order valence-electron chi connectivity index (χ3n) is 16.8. The maximum Gasteiger partial charge on any atom is 0.339 e. The molecule has 0 saturated carbocycles. The number of fused-ring (bicyclic) bond motifs is 6. The number of carbonyl (C=O) groups excluding carboxylic acids is 8. The molecule has 2 aromatic heterocycles. The molecule has 2 aliphatic carbocycles. The molecule has 2 aromatic carbocycles. The first-order chi connectivity index (χ1) is 45.8. The summed E-state index contributed by atoms with van der Waals surface area (Å²) in [6, 6.07) is 9.07. The van der Waals surface area contributed by atoms with E-state index in [1.165, 1.54) is 25.2 Å². The Morgan fingerprint density at radius 2 is 1.13 bits per heavy atom. The van der Waals surface area contributed by atoms with E-state index in [-0.39, 0.29) is 110 Å². The van der Waals surface area contributed by atoms with Gasteiger partial charge in [0.25, 0.3) is 23.6 Å². The minimum atomic E-state index is -5.13. The fourth-order valence-corrected chi connectivity index (χ4v) is 14.6. The third kappa shape index (κ3) is 22.1. The quantitative estimate of drug-likeness (QED) is 0.00522. The van der Waals surface area contributed by atoms with E-state index in [0.717, 1.165) is 29.7 Å². The lowest BCUT2D eigenvalue weighted by Gasteiger charge is -2.27. The fourth-order valence-electron chi connectivity index (χ4n) is 12.4. The molecule has 4 aromatic rings. The summed E-state index contributed by atoms with van der Waals surface area (Å²) in [7, 11) is -5.13. The largest absolute Gasteiger partial charge is 0.744 e. The van der Waals surface area contributed by atoms with E-state index in [1.54, 1.807) is 22.3 Å². The topological polar surface area (TPSA) is 447 Å². The van der Waals surface area contributed by atoms with Crippen molar-refractivity contribution in [2.45, 2.75) is 211 Å². The van der Waals surface area contributed by atoms with Gasteiger partial charge in [0.05, 0.1) is 42.9 Å². The molecule has 97 heavy (non-hydrogen) atoms. The fraction of sp³-hybridized carbons (Fsp3) is 0.571. The van der Waals surface area contributed by atoms with Crippen LogP contribution in [-0.4, -0.2) is 131 Å². The summed E-state index contributed by atoms with van der Waals surface area (Å²) in [5.41, 5.74) is 12.5. The van der Waals surface area contributed by atoms with Gasteiger partial charge in [0.1, 0.15) is 20.6 Å². The summed E-state index contributed by atoms with van der Waals surface area (Å²) in [4.78, 5) is 133. The number of nitrogens with zero attached hydrogens (tertiary/aromatic N) is 2. The van der Waals surface area contributed by atoms with Crippen LogP contribution < -0.4 is 53.7 Å². The van der Waals surface area contributed by atoms with Gasteiger partial charge in [-0.15, -0.1) is 21.3 Å². The smallest absolute Gasteiger partial charge is 0.339 e. The highest BCUT2D eigenvalue weighted by Crippen LogP contribution is 2.47. The number of aryl methyl sites for hydroxylation is 1. The van der Waals surface area contributed by atoms with Gasteiger partial charge in [-0.2, -0.15) is 15.1 Å². The Hall–Kier alpha value is -7.22. The van der Waals surface area contributed by atoms with Gasteiger partial charge in [0, 0.05) is 131 Å². The van der Waals surface area contributed by atoms with Gasteiger partial charge < -0.3 is 70.3 Å². The summed E-state index contributed by atoms with van der Waals surface area (Å²) in [5.74, 6) is -5.90. The number of hydrogen-bond donors (Lipinski definition) is 6. The average molecular weight is 1430 g/mol. The number of nitrogens with one attached hydrogen (secondary N) is 4. The molecule has 2 fully saturated rings. The Kier molecular flexibility index (Phi) is 31.2. The maximum absolute atomic E-state index is 12.7. The van der Waals surface area contributed by atoms with E-state index < -0.39 is 101 Å². The number of amides is 6. The lowest BCUT2D eigenvalue weighted by molar-refractivity contribution is -0.940. The Labute approximate surface area is 572 Å². The number of quaternary nitrogens is 2. The molecule has 0 radical (unpaired) electrons. The van der Waals surface area contributed by atoms with Crippen molar-refractivity contribution in [3.63, 3.8) is 0 Å². The third-order valence-corrected chi connectivity index (χ3v) is 19.5. The molecular formula is C63H92N8O23S3-2. The van der Waals surface area contributed by atoms with Gasteiger partial charge in [-0.25, -0.2) is 22.8 Å². The van der Waals surface area contributed by atoms with Gasteiger partial charge in [0.2, 0.25) is 17.4 Å². The van der Waals surface area contributed by atoms with Crippen LogP contribution in [0.5, 0.6) is 0 Å². The Bertz CT molecular complexity index is 3640. The SMILES string of the molecule is CC[NH+](C(C)C)C(C)C.CC[NH+](C(C)C)C(C)C.Cc1cc2c3c(c(=O)oc2cc1N)[CH-]CC3C(CC(=O)NCCCC(=O)ON1C(=O)CCC1=O)SOO[O-].Nc1ccc2c3c(c(=O)oc2c1S(=O)(=O)[O-])CCC3C(CC(=O)NCCCC(=O)ON1C(=O)CCC1=O)SOO[O-].[HH].[HH]. The summed E-state index contributed by atoms with van der Waals surface area (Å²) in [5, 5.41) is 33.6. The van der Waals surface area contributed by atoms with Crippen LogP contribution in [0.25, 0.3) is 21.9 Å². The van der Waals surface area contributed by atoms with E-state index >= 15 is 0 Å². The van der Waals surface area contributed by atoms with Gasteiger partial charge >= 0.3 is 17.6 Å². The number of hydrogen-bond acceptors (Lipinski definition) is 27. The average Bonchev–Trinajstić information content (AvgIpc) is 1.40. The molecule has 4 aliphatic rings. The summed E-state index contributed by atoms with van der Waals surface area (Å²) >= 11 is 1.20. The molecule has 4 heterocycles. The molecule has 8 N–H and O–H groups in total. The van der Waals surface area contributed by atoms with Crippen molar-refractivity contribution in [3.05, 3.63) is 79.3 Å². The highest BCUT2D eigenvalue weighted by molar-refractivity contribution is 7.95. The molecule has 34 heteroatoms. The highest BCUT2D eigenvalue weighted by Gasteiger charge is 2.39. The van der Waals surface area contributed by atoms with Crippen LogP contribution in [0.15, 0.2) is 47.6 Å². The Morgan fingerprint density at radius 1 is 0.670 bits per heavy atom. The standard InChI is InChI=1S/C24H26N3O10S.C23H25N3O13S2.2C8H19N.2H2/c1-12-9-15-17(10-16(12)25)34-24(32)14-5-4-13(23(14)15)18(38-37-36-33)11-19(28)26-8-2-3-22(31)35-27-20(29)6-7-21(27)30;24-14-6-5-12-20-11(3-4-13(20)23(31)36-21(12)22(14)41(33,34)35)15(40-39-38-32)10-16(27)25-9-1-2-19(30)37-26-17(28)7-8-18(26)29;2*1-6-9(7(2)3)8(4)5;;/h5,9-10,13,18,33H,2-4,6-8,11,25H2,1H3,(H,26,28);5-6,11,15,32H,1-4,7-10,24H2,(H,25,27)(H,33,34,35);2*7-8H,6H2,1-5H3;2*1H/q-1;;;;;/p-1. The van der Waals surface area contributed by atoms with Crippen LogP contribution in [0.1, 0.15) is 189 Å². The van der Waals surface area contributed by atoms with E-state index in [4.69, 9.17) is 30.0 Å². The van der Waals surface area contributed by atoms with E-state index in [1.807, 2.05) is 13.0 Å². The Balaban J connectivity index is 0.000000406. The zero-order valence-electron chi connectivity index (χ0n) is 56.2. The van der Waals surface area contributed by atoms with Crippen molar-refractivity contribution < 1.29 is 112 Å². The molecule has 6 amide bonds. The van der Waals surface area contributed by atoms with Crippen molar-refractivity contribution in [1.29, 1.82) is 0 Å². The molecular weight excluding hydrogens is 1330 g/mol. The predicted molar refractivity (Wildman–Crippen MR) is 351 cm³/mol. The second-order valence-corrected chi connectivity index (χ2v) is 27.8. The second kappa shape index (κ2) is 37.7. The molecule has 542 valence electrons. The lowest BCUT2D eigenvalue weighted by atomic mass is 9.92. The van der Waals surface area contributed by atoms with Crippen molar-refractivity contribution >= 4 is 115 Å². The van der Waals surface area contributed by atoms with Crippen LogP contribution in [0.4, 0.5) is 11.4 Å². The molecule has 2 saturated heterocycles. The van der Waals surface area contributed by atoms with Crippen LogP contribution >= 0.6 is 24.1 Å². The number of carbonyl (C=O) groups is 8. The zero-order valence-corrected chi connectivity index (χ0v) is 58.6. The van der Waals surface area contributed by atoms with Gasteiger partial charge in [0.15, 0.2) is 5.58 Å². The van der Waals surface area contributed by atoms with E-state index in [9.17, 15) is 71.4 Å². The Morgan fingerprint density at radius 3 is 1.56 bits per heavy atom. The highest BCUT2D eigenvalue weighted by atomic mass is 32.2. The molecule has 31 nitrogen and oxygen atoms in total. The molecule has 2 aliphatic heterocycles. The van der Waals surface area contributed by atoms with Gasteiger partial charge in [-0.1, -0.05) is 18.4 Å². The van der Waals surface area contributed by atoms with Crippen molar-refractivity contribution in [1.82, 2.24) is 20.8 Å². The minimum absolute atomic E-state index is 0. The molecule has 4 unspecified atom stereocenters. The van der Waals surface area contributed by atoms with Crippen molar-refractivity contribution in [2.24, 2.45) is 0 Å². The number of rotatable bonds is 29. The van der Waals surface area contributed by atoms with Crippen molar-refractivity contribution in [3.8, 4) is 0 Å². The van der Waals surface area contributed by atoms with E-state index in [0.29, 0.717) is 74.0 Å². The van der Waals surface area contributed by atoms with Crippen molar-refractivity contribution in [2.75, 3.05) is 37.6 Å². The molecule has 8 rings (SSSR count). The zero-order chi connectivity index (χ0) is 72.2.